The van der Waals surface area contributed by atoms with Gasteiger partial charge in [-0.1, -0.05) is 213 Å². The van der Waals surface area contributed by atoms with E-state index >= 15 is 0 Å². The molecule has 0 aliphatic carbocycles. The van der Waals surface area contributed by atoms with Crippen molar-refractivity contribution in [2.45, 2.75) is 238 Å². The third-order valence-electron chi connectivity index (χ3n) is 9.05. The number of carbonyl (C=O) groups is 1. The van der Waals surface area contributed by atoms with Crippen LogP contribution in [0.1, 0.15) is 232 Å². The second-order valence-electron chi connectivity index (χ2n) is 13.5. The molecule has 3 heteroatoms. The molecule has 0 amide bonds. The normalized spacial score (nSPS) is 12.2. The van der Waals surface area contributed by atoms with Crippen LogP contribution in [0.3, 0.4) is 0 Å². The number of ether oxygens (including phenoxy) is 1. The summed E-state index contributed by atoms with van der Waals surface area (Å²) in [6.07, 6.45) is 43.6. The van der Waals surface area contributed by atoms with Crippen molar-refractivity contribution in [3.05, 3.63) is 0 Å². The molecule has 42 heavy (non-hydrogen) atoms. The fourth-order valence-electron chi connectivity index (χ4n) is 6.12. The van der Waals surface area contributed by atoms with Crippen molar-refractivity contribution < 1.29 is 14.6 Å². The zero-order valence-electron chi connectivity index (χ0n) is 29.1. The van der Waals surface area contributed by atoms with Crippen LogP contribution in [-0.2, 0) is 9.53 Å². The molecule has 1 N–H and O–H groups in total. The summed E-state index contributed by atoms with van der Waals surface area (Å²) >= 11 is 0. The Kier molecular flexibility index (Phi) is 36.1. The van der Waals surface area contributed by atoms with Crippen LogP contribution in [0.2, 0.25) is 0 Å². The lowest BCUT2D eigenvalue weighted by atomic mass is 10.0. The molecule has 1 atom stereocenters. The smallest absolute Gasteiger partial charge is 0.308 e. The van der Waals surface area contributed by atoms with Crippen molar-refractivity contribution in [2.75, 3.05) is 6.61 Å². The Hall–Kier alpha value is -0.570. The second-order valence-corrected chi connectivity index (χ2v) is 13.5. The van der Waals surface area contributed by atoms with Crippen LogP contribution < -0.4 is 0 Å². The Morgan fingerprint density at radius 2 is 0.690 bits per heavy atom. The maximum absolute atomic E-state index is 12.0. The van der Waals surface area contributed by atoms with Crippen molar-refractivity contribution in [3.63, 3.8) is 0 Å². The third kappa shape index (κ3) is 35.6. The summed E-state index contributed by atoms with van der Waals surface area (Å²) < 4.78 is 5.37. The molecule has 0 aliphatic heterocycles. The zero-order chi connectivity index (χ0) is 30.6. The minimum Gasteiger partial charge on any atom is -0.466 e. The van der Waals surface area contributed by atoms with Crippen LogP contribution in [0.4, 0.5) is 0 Å². The predicted molar refractivity (Wildman–Crippen MR) is 185 cm³/mol. The van der Waals surface area contributed by atoms with E-state index in [-0.39, 0.29) is 12.4 Å². The van der Waals surface area contributed by atoms with Gasteiger partial charge < -0.3 is 9.84 Å². The van der Waals surface area contributed by atoms with Gasteiger partial charge in [-0.2, -0.15) is 0 Å². The fourth-order valence-corrected chi connectivity index (χ4v) is 6.12. The lowest BCUT2D eigenvalue weighted by Crippen LogP contribution is -2.16. The molecule has 0 rings (SSSR count). The summed E-state index contributed by atoms with van der Waals surface area (Å²) in [4.78, 5) is 12.0. The molecule has 0 aromatic carbocycles. The average Bonchev–Trinajstić information content (AvgIpc) is 2.98. The summed E-state index contributed by atoms with van der Waals surface area (Å²) in [5.74, 6) is -0.222. The molecule has 0 aliphatic rings. The minimum atomic E-state index is -0.532. The van der Waals surface area contributed by atoms with Gasteiger partial charge in [0.25, 0.3) is 0 Å². The summed E-state index contributed by atoms with van der Waals surface area (Å²) in [6.45, 7) is 5.09. The Morgan fingerprint density at radius 3 is 1.00 bits per heavy atom. The number of hydrogen-bond donors (Lipinski definition) is 1. The number of aliphatic hydroxyl groups is 1. The van der Waals surface area contributed by atoms with Gasteiger partial charge in [0.05, 0.1) is 19.1 Å². The van der Waals surface area contributed by atoms with Crippen LogP contribution >= 0.6 is 0 Å². The first-order chi connectivity index (χ1) is 20.7. The van der Waals surface area contributed by atoms with E-state index < -0.39 is 6.10 Å². The molecule has 0 spiro atoms. The largest absolute Gasteiger partial charge is 0.466 e. The first-order valence-electron chi connectivity index (χ1n) is 19.5. The van der Waals surface area contributed by atoms with E-state index in [0.717, 1.165) is 25.7 Å². The van der Waals surface area contributed by atoms with Crippen LogP contribution in [0.25, 0.3) is 0 Å². The number of rotatable bonds is 36. The molecule has 0 saturated heterocycles. The molecule has 252 valence electrons. The quantitative estimate of drug-likeness (QED) is 0.0579. The van der Waals surface area contributed by atoms with Crippen molar-refractivity contribution in [1.82, 2.24) is 0 Å². The number of hydrogen-bond acceptors (Lipinski definition) is 3. The first-order valence-corrected chi connectivity index (χ1v) is 19.5. The van der Waals surface area contributed by atoms with Gasteiger partial charge in [-0.3, -0.25) is 4.79 Å². The van der Waals surface area contributed by atoms with Gasteiger partial charge >= 0.3 is 5.97 Å². The zero-order valence-corrected chi connectivity index (χ0v) is 29.1. The molecule has 0 heterocycles. The van der Waals surface area contributed by atoms with E-state index in [1.54, 1.807) is 0 Å². The monoisotopic (exact) mass is 595 g/mol. The highest BCUT2D eigenvalue weighted by molar-refractivity contribution is 5.69. The summed E-state index contributed by atoms with van der Waals surface area (Å²) in [7, 11) is 0. The van der Waals surface area contributed by atoms with E-state index in [9.17, 15) is 9.90 Å². The molecular formula is C39H78O3. The maximum Gasteiger partial charge on any atom is 0.308 e. The van der Waals surface area contributed by atoms with Crippen LogP contribution in [0.15, 0.2) is 0 Å². The summed E-state index contributed by atoms with van der Waals surface area (Å²) in [6, 6.07) is 0. The maximum atomic E-state index is 12.0. The molecule has 1 unspecified atom stereocenters. The Morgan fingerprint density at radius 1 is 0.429 bits per heavy atom. The van der Waals surface area contributed by atoms with E-state index in [0.29, 0.717) is 6.61 Å². The van der Waals surface area contributed by atoms with Gasteiger partial charge in [-0.25, -0.2) is 0 Å². The first kappa shape index (κ1) is 41.4. The SMILES string of the molecule is CCCCCCCCCCCCCCCCCCOC(=O)CC(O)CCCCCCCCCCCCCCCCCC. The van der Waals surface area contributed by atoms with Gasteiger partial charge in [0.15, 0.2) is 0 Å². The van der Waals surface area contributed by atoms with Gasteiger partial charge in [0.1, 0.15) is 0 Å². The standard InChI is InChI=1S/C39H78O3/c1-3-5-7-9-11-13-15-17-19-21-23-25-27-29-31-33-35-38(40)37-39(41)42-36-34-32-30-28-26-24-22-20-18-16-14-12-10-8-6-4-2/h38,40H,3-37H2,1-2H3. The molecule has 0 bridgehead atoms. The van der Waals surface area contributed by atoms with Crippen molar-refractivity contribution >= 4 is 5.97 Å². The highest BCUT2D eigenvalue weighted by atomic mass is 16.5. The average molecular weight is 595 g/mol. The number of unbranched alkanes of at least 4 members (excludes halogenated alkanes) is 30. The van der Waals surface area contributed by atoms with E-state index in [2.05, 4.69) is 13.8 Å². The lowest BCUT2D eigenvalue weighted by Gasteiger charge is -2.10. The van der Waals surface area contributed by atoms with Gasteiger partial charge in [-0.05, 0) is 12.8 Å². The number of carbonyl (C=O) groups excluding carboxylic acids is 1. The molecule has 0 saturated carbocycles. The molecule has 0 radical (unpaired) electrons. The Balaban J connectivity index is 3.26. The molecule has 3 nitrogen and oxygen atoms in total. The number of esters is 1. The van der Waals surface area contributed by atoms with Crippen molar-refractivity contribution in [1.29, 1.82) is 0 Å². The van der Waals surface area contributed by atoms with E-state index in [1.165, 1.54) is 186 Å². The van der Waals surface area contributed by atoms with Gasteiger partial charge in [0, 0.05) is 0 Å². The van der Waals surface area contributed by atoms with Crippen LogP contribution in [0.5, 0.6) is 0 Å². The highest BCUT2D eigenvalue weighted by Gasteiger charge is 2.11. The van der Waals surface area contributed by atoms with E-state index in [1.807, 2.05) is 0 Å². The Labute approximate surface area is 265 Å². The van der Waals surface area contributed by atoms with Crippen molar-refractivity contribution in [2.24, 2.45) is 0 Å². The number of aliphatic hydroxyl groups excluding tert-OH is 1. The second kappa shape index (κ2) is 36.6. The summed E-state index contributed by atoms with van der Waals surface area (Å²) in [5, 5.41) is 10.2. The van der Waals surface area contributed by atoms with Gasteiger partial charge in [-0.15, -0.1) is 0 Å². The molecule has 0 fully saturated rings. The van der Waals surface area contributed by atoms with E-state index in [4.69, 9.17) is 4.74 Å². The molecular weight excluding hydrogens is 516 g/mol. The molecule has 0 aromatic rings. The Bertz CT molecular complexity index is 506. The van der Waals surface area contributed by atoms with Crippen LogP contribution in [0, 0.1) is 0 Å². The lowest BCUT2D eigenvalue weighted by molar-refractivity contribution is -0.146. The summed E-state index contributed by atoms with van der Waals surface area (Å²) in [5.41, 5.74) is 0. The van der Waals surface area contributed by atoms with Crippen LogP contribution in [-0.4, -0.2) is 23.8 Å². The predicted octanol–water partition coefficient (Wildman–Crippen LogP) is 13.2. The fraction of sp³-hybridized carbons (Fsp3) is 0.974. The highest BCUT2D eigenvalue weighted by Crippen LogP contribution is 2.16. The topological polar surface area (TPSA) is 46.5 Å². The minimum absolute atomic E-state index is 0.164. The molecule has 0 aromatic heterocycles. The van der Waals surface area contributed by atoms with Crippen molar-refractivity contribution in [3.8, 4) is 0 Å². The third-order valence-corrected chi connectivity index (χ3v) is 9.05. The van der Waals surface area contributed by atoms with Gasteiger partial charge in [0.2, 0.25) is 0 Å².